The van der Waals surface area contributed by atoms with E-state index in [9.17, 15) is 0 Å². The summed E-state index contributed by atoms with van der Waals surface area (Å²) in [5, 5.41) is 1.15. The average molecular weight is 303 g/mol. The van der Waals surface area contributed by atoms with E-state index in [1.807, 2.05) is 6.07 Å². The summed E-state index contributed by atoms with van der Waals surface area (Å²) in [6.45, 7) is 2.09. The maximum atomic E-state index is 5.64. The number of hydrogen-bond donors (Lipinski definition) is 0. The van der Waals surface area contributed by atoms with Crippen LogP contribution in [0.25, 0.3) is 11.0 Å². The normalized spacial score (nSPS) is 10.9. The van der Waals surface area contributed by atoms with Gasteiger partial charge in [0.1, 0.15) is 0 Å². The van der Waals surface area contributed by atoms with Crippen molar-refractivity contribution >= 4 is 47.4 Å². The molecule has 0 aliphatic rings. The third kappa shape index (κ3) is 1.69. The van der Waals surface area contributed by atoms with E-state index in [4.69, 9.17) is 4.42 Å². The van der Waals surface area contributed by atoms with E-state index in [0.29, 0.717) is 0 Å². The predicted octanol–water partition coefficient (Wildman–Crippen LogP) is 2.55. The minimum absolute atomic E-state index is 0.934. The molecule has 0 spiro atoms. The van der Waals surface area contributed by atoms with Crippen LogP contribution in [0.2, 0.25) is 0 Å². The van der Waals surface area contributed by atoms with Gasteiger partial charge >= 0.3 is 93.6 Å². The fourth-order valence-electron chi connectivity index (χ4n) is 1.31. The van der Waals surface area contributed by atoms with Crippen molar-refractivity contribution in [1.29, 1.82) is 0 Å². The molecule has 0 saturated heterocycles. The molecule has 67 valence electrons. The first kappa shape index (κ1) is 9.32. The topological polar surface area (TPSA) is 13.1 Å². The van der Waals surface area contributed by atoms with Crippen LogP contribution in [0.15, 0.2) is 27.1 Å². The van der Waals surface area contributed by atoms with Crippen LogP contribution in [0.3, 0.4) is 0 Å². The summed E-state index contributed by atoms with van der Waals surface area (Å²) >= 11 is 6.47. The molecule has 1 heterocycles. The SMILES string of the molecule is CCc1cc2cc([Se])cc(Br)c2o1. The number of fused-ring (bicyclic) bond motifs is 1. The zero-order chi connectivity index (χ0) is 9.42. The molecule has 1 aromatic carbocycles. The Morgan fingerprint density at radius 2 is 2.15 bits per heavy atom. The number of halogens is 1. The number of hydrogen-bond acceptors (Lipinski definition) is 1. The maximum absolute atomic E-state index is 5.64. The number of benzene rings is 1. The van der Waals surface area contributed by atoms with E-state index in [-0.39, 0.29) is 0 Å². The van der Waals surface area contributed by atoms with Crippen LogP contribution in [0.1, 0.15) is 12.7 Å². The molecule has 0 unspecified atom stereocenters. The van der Waals surface area contributed by atoms with E-state index < -0.39 is 0 Å². The molecule has 0 amide bonds. The Bertz CT molecular complexity index is 447. The second kappa shape index (κ2) is 3.49. The van der Waals surface area contributed by atoms with E-state index in [0.717, 1.165) is 32.1 Å². The summed E-state index contributed by atoms with van der Waals surface area (Å²) in [7, 11) is 0. The van der Waals surface area contributed by atoms with E-state index >= 15 is 0 Å². The van der Waals surface area contributed by atoms with Gasteiger partial charge < -0.3 is 0 Å². The quantitative estimate of drug-likeness (QED) is 0.738. The van der Waals surface area contributed by atoms with Crippen molar-refractivity contribution in [1.82, 2.24) is 0 Å². The first-order valence-electron chi connectivity index (χ1n) is 4.09. The van der Waals surface area contributed by atoms with Crippen molar-refractivity contribution < 1.29 is 4.42 Å². The van der Waals surface area contributed by atoms with Crippen molar-refractivity contribution in [3.05, 3.63) is 28.4 Å². The van der Waals surface area contributed by atoms with Crippen molar-refractivity contribution in [3.63, 3.8) is 0 Å². The van der Waals surface area contributed by atoms with Crippen molar-refractivity contribution in [2.45, 2.75) is 13.3 Å². The third-order valence-electron chi connectivity index (χ3n) is 1.94. The molecule has 3 heteroatoms. The number of aryl methyl sites for hydroxylation is 1. The van der Waals surface area contributed by atoms with Crippen LogP contribution < -0.4 is 4.46 Å². The second-order valence-electron chi connectivity index (χ2n) is 2.89. The summed E-state index contributed by atoms with van der Waals surface area (Å²) < 4.78 is 7.78. The first-order valence-corrected chi connectivity index (χ1v) is 5.74. The summed E-state index contributed by atoms with van der Waals surface area (Å²) in [6.07, 6.45) is 0.934. The molecule has 0 atom stereocenters. The van der Waals surface area contributed by atoms with Crippen LogP contribution >= 0.6 is 15.9 Å². The zero-order valence-corrected chi connectivity index (χ0v) is 10.4. The van der Waals surface area contributed by atoms with Gasteiger partial charge in [-0.1, -0.05) is 0 Å². The Balaban J connectivity index is 2.75. The van der Waals surface area contributed by atoms with Gasteiger partial charge in [0.15, 0.2) is 0 Å². The van der Waals surface area contributed by atoms with Gasteiger partial charge in [0.2, 0.25) is 0 Å². The molecule has 0 aliphatic heterocycles. The Morgan fingerprint density at radius 1 is 1.38 bits per heavy atom. The van der Waals surface area contributed by atoms with Gasteiger partial charge in [-0.15, -0.1) is 0 Å². The van der Waals surface area contributed by atoms with Crippen LogP contribution in [0, 0.1) is 0 Å². The summed E-state index contributed by atoms with van der Waals surface area (Å²) in [5.41, 5.74) is 0.941. The molecular weight excluding hydrogens is 295 g/mol. The summed E-state index contributed by atoms with van der Waals surface area (Å²) in [6, 6.07) is 6.19. The van der Waals surface area contributed by atoms with E-state index in [2.05, 4.69) is 51.0 Å². The Labute approximate surface area is 93.4 Å². The van der Waals surface area contributed by atoms with Gasteiger partial charge in [-0.25, -0.2) is 0 Å². The van der Waals surface area contributed by atoms with Crippen molar-refractivity contribution in [2.24, 2.45) is 0 Å². The molecule has 2 aromatic rings. The van der Waals surface area contributed by atoms with Gasteiger partial charge in [0.05, 0.1) is 0 Å². The van der Waals surface area contributed by atoms with Gasteiger partial charge in [-0.3, -0.25) is 0 Å². The average Bonchev–Trinajstić information content (AvgIpc) is 2.47. The molecule has 1 nitrogen and oxygen atoms in total. The molecule has 0 bridgehead atoms. The van der Waals surface area contributed by atoms with Crippen LogP contribution in [0.4, 0.5) is 0 Å². The Morgan fingerprint density at radius 3 is 2.85 bits per heavy atom. The monoisotopic (exact) mass is 303 g/mol. The molecule has 1 aromatic heterocycles. The van der Waals surface area contributed by atoms with Crippen LogP contribution in [0.5, 0.6) is 0 Å². The molecule has 0 aliphatic carbocycles. The van der Waals surface area contributed by atoms with Crippen LogP contribution in [-0.4, -0.2) is 16.0 Å². The van der Waals surface area contributed by atoms with Gasteiger partial charge in [0.25, 0.3) is 0 Å². The van der Waals surface area contributed by atoms with E-state index in [1.54, 1.807) is 0 Å². The fourth-order valence-corrected chi connectivity index (χ4v) is 2.72. The predicted molar refractivity (Wildman–Crippen MR) is 58.7 cm³/mol. The summed E-state index contributed by atoms with van der Waals surface area (Å²) in [5.74, 6) is 1.03. The second-order valence-corrected chi connectivity index (χ2v) is 4.73. The molecule has 0 saturated carbocycles. The number of rotatable bonds is 1. The Kier molecular flexibility index (Phi) is 2.50. The fraction of sp³-hybridized carbons (Fsp3) is 0.200. The molecule has 0 N–H and O–H groups in total. The third-order valence-corrected chi connectivity index (χ3v) is 3.03. The van der Waals surface area contributed by atoms with Crippen LogP contribution in [-0.2, 0) is 6.42 Å². The first-order chi connectivity index (χ1) is 6.20. The standard InChI is InChI=1S/C10H8BrOSe/c1-2-7-3-6-4-8(13)5-9(11)10(6)12-7/h3-5H,2H2,1H3. The van der Waals surface area contributed by atoms with Gasteiger partial charge in [-0.05, 0) is 0 Å². The minimum atomic E-state index is 0.934. The van der Waals surface area contributed by atoms with Gasteiger partial charge in [0, 0.05) is 0 Å². The molecule has 0 fully saturated rings. The zero-order valence-electron chi connectivity index (χ0n) is 7.13. The van der Waals surface area contributed by atoms with Crippen molar-refractivity contribution in [3.8, 4) is 0 Å². The van der Waals surface area contributed by atoms with E-state index in [1.165, 1.54) is 0 Å². The Hall–Kier alpha value is -0.241. The molecule has 2 rings (SSSR count). The van der Waals surface area contributed by atoms with Gasteiger partial charge in [-0.2, -0.15) is 0 Å². The summed E-state index contributed by atoms with van der Waals surface area (Å²) in [4.78, 5) is 0. The van der Waals surface area contributed by atoms with Crippen molar-refractivity contribution in [2.75, 3.05) is 0 Å². The molecule has 1 radical (unpaired) electrons. The molecule has 13 heavy (non-hydrogen) atoms. The number of furan rings is 1. The molecular formula is C10H8BrOSe.